The minimum absolute atomic E-state index is 0.915. The van der Waals surface area contributed by atoms with Crippen molar-refractivity contribution in [2.45, 2.75) is 0 Å². The van der Waals surface area contributed by atoms with Crippen LogP contribution in [0.4, 0.5) is 0 Å². The van der Waals surface area contributed by atoms with Crippen molar-refractivity contribution < 1.29 is 4.74 Å². The van der Waals surface area contributed by atoms with Crippen LogP contribution in [0.1, 0.15) is 0 Å². The summed E-state index contributed by atoms with van der Waals surface area (Å²) in [5.41, 5.74) is 1.13. The van der Waals surface area contributed by atoms with E-state index in [1.165, 1.54) is 0 Å². The first-order chi connectivity index (χ1) is 5.31. The van der Waals surface area contributed by atoms with Gasteiger partial charge < -0.3 is 9.30 Å². The zero-order valence-electron chi connectivity index (χ0n) is 6.37. The van der Waals surface area contributed by atoms with Gasteiger partial charge >= 0.3 is 0 Å². The molecule has 2 rings (SSSR count). The Bertz CT molecular complexity index is 377. The molecule has 4 heteroatoms. The summed E-state index contributed by atoms with van der Waals surface area (Å²) in [6.45, 7) is 0. The van der Waals surface area contributed by atoms with Gasteiger partial charge in [-0.05, 0) is 0 Å². The third kappa shape index (κ3) is 0.903. The standard InChI is InChI=1S/C7H8N2OS/c1-9-4-8-7-5(9)3-6(10-2)11-7/h3-4H,1-2H3. The Kier molecular flexibility index (Phi) is 1.35. The van der Waals surface area contributed by atoms with Crippen LogP contribution in [0.15, 0.2) is 12.4 Å². The summed E-state index contributed by atoms with van der Waals surface area (Å²) in [4.78, 5) is 5.22. The molecule has 0 aromatic carbocycles. The summed E-state index contributed by atoms with van der Waals surface area (Å²) in [5.74, 6) is 0. The van der Waals surface area contributed by atoms with Crippen molar-refractivity contribution >= 4 is 21.7 Å². The van der Waals surface area contributed by atoms with Crippen molar-refractivity contribution in [2.24, 2.45) is 7.05 Å². The van der Waals surface area contributed by atoms with Crippen LogP contribution in [-0.2, 0) is 7.05 Å². The molecule has 0 atom stereocenters. The maximum atomic E-state index is 5.08. The van der Waals surface area contributed by atoms with Crippen molar-refractivity contribution in [3.8, 4) is 5.06 Å². The van der Waals surface area contributed by atoms with Crippen molar-refractivity contribution in [1.82, 2.24) is 9.55 Å². The number of fused-ring (bicyclic) bond motifs is 1. The van der Waals surface area contributed by atoms with E-state index in [0.717, 1.165) is 15.4 Å². The number of thiophene rings is 1. The summed E-state index contributed by atoms with van der Waals surface area (Å²) in [6.07, 6.45) is 1.81. The van der Waals surface area contributed by atoms with Gasteiger partial charge in [-0.1, -0.05) is 11.3 Å². The fourth-order valence-corrected chi connectivity index (χ4v) is 1.85. The molecule has 0 spiro atoms. The molecule has 0 aliphatic carbocycles. The lowest BCUT2D eigenvalue weighted by atomic mass is 10.5. The van der Waals surface area contributed by atoms with Gasteiger partial charge in [-0.2, -0.15) is 0 Å². The molecule has 0 saturated heterocycles. The SMILES string of the molecule is COc1cc2c(ncn2C)s1. The first-order valence-electron chi connectivity index (χ1n) is 3.26. The van der Waals surface area contributed by atoms with Crippen LogP contribution in [0.2, 0.25) is 0 Å². The highest BCUT2D eigenvalue weighted by molar-refractivity contribution is 7.20. The average molecular weight is 168 g/mol. The van der Waals surface area contributed by atoms with Crippen LogP contribution in [0.3, 0.4) is 0 Å². The maximum absolute atomic E-state index is 5.08. The molecule has 0 aliphatic heterocycles. The number of nitrogens with zero attached hydrogens (tertiary/aromatic N) is 2. The van der Waals surface area contributed by atoms with Crippen LogP contribution in [-0.4, -0.2) is 16.7 Å². The summed E-state index contributed by atoms with van der Waals surface area (Å²) < 4.78 is 7.06. The van der Waals surface area contributed by atoms with Gasteiger partial charge in [0.1, 0.15) is 4.83 Å². The van der Waals surface area contributed by atoms with Crippen molar-refractivity contribution in [3.05, 3.63) is 12.4 Å². The summed E-state index contributed by atoms with van der Waals surface area (Å²) in [6, 6.07) is 1.99. The van der Waals surface area contributed by atoms with Crippen molar-refractivity contribution in [3.63, 3.8) is 0 Å². The third-order valence-electron chi connectivity index (χ3n) is 1.60. The molecule has 3 nitrogen and oxygen atoms in total. The van der Waals surface area contributed by atoms with Crippen LogP contribution in [0.25, 0.3) is 10.3 Å². The number of imidazole rings is 1. The fourth-order valence-electron chi connectivity index (χ4n) is 0.997. The number of ether oxygens (including phenoxy) is 1. The molecule has 11 heavy (non-hydrogen) atoms. The molecule has 2 aromatic heterocycles. The van der Waals surface area contributed by atoms with Crippen LogP contribution in [0.5, 0.6) is 5.06 Å². The molecular formula is C7H8N2OS. The number of aryl methyl sites for hydroxylation is 1. The second-order valence-corrected chi connectivity index (χ2v) is 3.31. The monoisotopic (exact) mass is 168 g/mol. The first-order valence-corrected chi connectivity index (χ1v) is 4.08. The number of rotatable bonds is 1. The summed E-state index contributed by atoms with van der Waals surface area (Å²) in [5, 5.41) is 0.915. The molecule has 0 fully saturated rings. The lowest BCUT2D eigenvalue weighted by Gasteiger charge is -1.89. The maximum Gasteiger partial charge on any atom is 0.177 e. The highest BCUT2D eigenvalue weighted by atomic mass is 32.1. The topological polar surface area (TPSA) is 27.1 Å². The second-order valence-electron chi connectivity index (χ2n) is 2.32. The molecule has 2 aromatic rings. The summed E-state index contributed by atoms with van der Waals surface area (Å²) >= 11 is 1.56. The molecule has 0 amide bonds. The normalized spacial score (nSPS) is 10.7. The highest BCUT2D eigenvalue weighted by Gasteiger charge is 2.04. The lowest BCUT2D eigenvalue weighted by molar-refractivity contribution is 0.427. The van der Waals surface area contributed by atoms with E-state index in [-0.39, 0.29) is 0 Å². The van der Waals surface area contributed by atoms with Gasteiger partial charge in [-0.15, -0.1) is 0 Å². The molecule has 0 N–H and O–H groups in total. The van der Waals surface area contributed by atoms with E-state index in [0.29, 0.717) is 0 Å². The molecule has 2 heterocycles. The Balaban J connectivity index is 2.70. The van der Waals surface area contributed by atoms with E-state index in [9.17, 15) is 0 Å². The molecule has 0 saturated carbocycles. The lowest BCUT2D eigenvalue weighted by Crippen LogP contribution is -1.81. The molecule has 0 aliphatic rings. The average Bonchev–Trinajstić information content (AvgIpc) is 2.53. The highest BCUT2D eigenvalue weighted by Crippen LogP contribution is 2.29. The zero-order valence-corrected chi connectivity index (χ0v) is 7.18. The number of hydrogen-bond acceptors (Lipinski definition) is 3. The first kappa shape index (κ1) is 6.67. The summed E-state index contributed by atoms with van der Waals surface area (Å²) in [7, 11) is 3.65. The van der Waals surface area contributed by atoms with E-state index in [4.69, 9.17) is 4.74 Å². The van der Waals surface area contributed by atoms with Gasteiger partial charge in [0.2, 0.25) is 0 Å². The van der Waals surface area contributed by atoms with E-state index in [2.05, 4.69) is 4.98 Å². The van der Waals surface area contributed by atoms with Crippen molar-refractivity contribution in [1.29, 1.82) is 0 Å². The van der Waals surface area contributed by atoms with Crippen LogP contribution in [0, 0.1) is 0 Å². The van der Waals surface area contributed by atoms with Crippen molar-refractivity contribution in [2.75, 3.05) is 7.11 Å². The Morgan fingerprint density at radius 1 is 1.64 bits per heavy atom. The molecule has 0 unspecified atom stereocenters. The number of aromatic nitrogens is 2. The van der Waals surface area contributed by atoms with Gasteiger partial charge in [-0.3, -0.25) is 0 Å². The number of hydrogen-bond donors (Lipinski definition) is 0. The van der Waals surface area contributed by atoms with Gasteiger partial charge in [-0.25, -0.2) is 4.98 Å². The van der Waals surface area contributed by atoms with E-state index < -0.39 is 0 Å². The quantitative estimate of drug-likeness (QED) is 0.647. The van der Waals surface area contributed by atoms with E-state index >= 15 is 0 Å². The Labute approximate surface area is 68.2 Å². The second kappa shape index (κ2) is 2.23. The Hall–Kier alpha value is -1.03. The van der Waals surface area contributed by atoms with Gasteiger partial charge in [0.15, 0.2) is 5.06 Å². The van der Waals surface area contributed by atoms with Crippen LogP contribution < -0.4 is 4.74 Å². The van der Waals surface area contributed by atoms with Gasteiger partial charge in [0, 0.05) is 13.1 Å². The zero-order chi connectivity index (χ0) is 7.84. The van der Waals surface area contributed by atoms with Crippen LogP contribution >= 0.6 is 11.3 Å². The Morgan fingerprint density at radius 3 is 3.09 bits per heavy atom. The minimum Gasteiger partial charge on any atom is -0.487 e. The third-order valence-corrected chi connectivity index (χ3v) is 2.59. The number of methoxy groups -OCH3 is 1. The smallest absolute Gasteiger partial charge is 0.177 e. The van der Waals surface area contributed by atoms with Gasteiger partial charge in [0.05, 0.1) is 19.0 Å². The predicted molar refractivity (Wildman–Crippen MR) is 45.1 cm³/mol. The molecule has 0 bridgehead atoms. The molecule has 58 valence electrons. The molecular weight excluding hydrogens is 160 g/mol. The fraction of sp³-hybridized carbons (Fsp3) is 0.286. The van der Waals surface area contributed by atoms with E-state index in [1.807, 2.05) is 17.7 Å². The largest absolute Gasteiger partial charge is 0.487 e. The van der Waals surface area contributed by atoms with Gasteiger partial charge in [0.25, 0.3) is 0 Å². The van der Waals surface area contributed by atoms with E-state index in [1.54, 1.807) is 24.8 Å². The minimum atomic E-state index is 0.915. The Morgan fingerprint density at radius 2 is 2.45 bits per heavy atom. The predicted octanol–water partition coefficient (Wildman–Crippen LogP) is 1.64. The molecule has 0 radical (unpaired) electrons.